The van der Waals surface area contributed by atoms with Crippen LogP contribution in [0.4, 0.5) is 0 Å². The Morgan fingerprint density at radius 1 is 1.44 bits per heavy atom. The van der Waals surface area contributed by atoms with Gasteiger partial charge < -0.3 is 10.4 Å². The average Bonchev–Trinajstić information content (AvgIpc) is 2.89. The van der Waals surface area contributed by atoms with E-state index in [1.54, 1.807) is 6.92 Å². The molecule has 6 nitrogen and oxygen atoms in total. The zero-order valence-electron chi connectivity index (χ0n) is 9.95. The lowest BCUT2D eigenvalue weighted by molar-refractivity contribution is 0.0917. The maximum atomic E-state index is 11.7. The van der Waals surface area contributed by atoms with E-state index < -0.39 is 0 Å². The predicted molar refractivity (Wildman–Crippen MR) is 65.4 cm³/mol. The molecule has 0 aliphatic rings. The Morgan fingerprint density at radius 3 is 2.83 bits per heavy atom. The number of para-hydroxylation sites is 1. The SMILES string of the molecule is C[C@H](CO)NC(=O)c1cnn(-c2ccccc2)n1. The summed E-state index contributed by atoms with van der Waals surface area (Å²) in [6.07, 6.45) is 1.40. The highest BCUT2D eigenvalue weighted by atomic mass is 16.3. The Bertz CT molecular complexity index is 524. The van der Waals surface area contributed by atoms with Crippen molar-refractivity contribution in [1.29, 1.82) is 0 Å². The molecule has 0 bridgehead atoms. The van der Waals surface area contributed by atoms with Crippen LogP contribution in [0, 0.1) is 0 Å². The zero-order valence-corrected chi connectivity index (χ0v) is 9.95. The molecule has 18 heavy (non-hydrogen) atoms. The van der Waals surface area contributed by atoms with Crippen LogP contribution >= 0.6 is 0 Å². The number of rotatable bonds is 4. The fourth-order valence-electron chi connectivity index (χ4n) is 1.40. The van der Waals surface area contributed by atoms with Crippen molar-refractivity contribution in [3.8, 4) is 5.69 Å². The van der Waals surface area contributed by atoms with E-state index in [0.717, 1.165) is 5.69 Å². The van der Waals surface area contributed by atoms with Gasteiger partial charge in [0.15, 0.2) is 5.69 Å². The Morgan fingerprint density at radius 2 is 2.17 bits per heavy atom. The molecule has 1 amide bonds. The fraction of sp³-hybridized carbons (Fsp3) is 0.250. The molecule has 1 aromatic carbocycles. The van der Waals surface area contributed by atoms with Crippen molar-refractivity contribution in [2.45, 2.75) is 13.0 Å². The number of nitrogens with one attached hydrogen (secondary N) is 1. The van der Waals surface area contributed by atoms with Gasteiger partial charge in [0.25, 0.3) is 5.91 Å². The molecule has 0 fully saturated rings. The summed E-state index contributed by atoms with van der Waals surface area (Å²) in [5.41, 5.74) is 1.01. The topological polar surface area (TPSA) is 80.0 Å². The quantitative estimate of drug-likeness (QED) is 0.817. The molecular weight excluding hydrogens is 232 g/mol. The first kappa shape index (κ1) is 12.3. The molecule has 0 aliphatic heterocycles. The normalized spacial score (nSPS) is 12.1. The largest absolute Gasteiger partial charge is 0.394 e. The number of carbonyl (C=O) groups is 1. The van der Waals surface area contributed by atoms with E-state index in [9.17, 15) is 4.79 Å². The molecule has 1 heterocycles. The van der Waals surface area contributed by atoms with Crippen LogP contribution in [-0.2, 0) is 0 Å². The first-order valence-electron chi connectivity index (χ1n) is 5.60. The molecule has 0 saturated carbocycles. The van der Waals surface area contributed by atoms with Gasteiger partial charge in [-0.05, 0) is 19.1 Å². The number of hydrogen-bond donors (Lipinski definition) is 2. The van der Waals surface area contributed by atoms with Gasteiger partial charge in [-0.2, -0.15) is 9.90 Å². The van der Waals surface area contributed by atoms with Gasteiger partial charge in [0, 0.05) is 6.04 Å². The molecule has 0 saturated heterocycles. The third-order valence-corrected chi connectivity index (χ3v) is 2.36. The lowest BCUT2D eigenvalue weighted by atomic mass is 10.3. The minimum absolute atomic E-state index is 0.113. The first-order valence-corrected chi connectivity index (χ1v) is 5.60. The Balaban J connectivity index is 2.13. The van der Waals surface area contributed by atoms with Gasteiger partial charge in [-0.3, -0.25) is 4.79 Å². The van der Waals surface area contributed by atoms with Gasteiger partial charge in [0.05, 0.1) is 18.5 Å². The third kappa shape index (κ3) is 2.72. The smallest absolute Gasteiger partial charge is 0.273 e. The number of amides is 1. The Labute approximate surface area is 104 Å². The minimum Gasteiger partial charge on any atom is -0.394 e. The third-order valence-electron chi connectivity index (χ3n) is 2.36. The lowest BCUT2D eigenvalue weighted by Crippen LogP contribution is -2.35. The van der Waals surface area contributed by atoms with Gasteiger partial charge in [-0.1, -0.05) is 18.2 Å². The molecule has 2 rings (SSSR count). The molecule has 0 radical (unpaired) electrons. The van der Waals surface area contributed by atoms with E-state index >= 15 is 0 Å². The molecule has 2 aromatic rings. The van der Waals surface area contributed by atoms with Crippen LogP contribution in [0.25, 0.3) is 5.69 Å². The van der Waals surface area contributed by atoms with Crippen LogP contribution in [-0.4, -0.2) is 38.7 Å². The van der Waals surface area contributed by atoms with E-state index in [1.807, 2.05) is 30.3 Å². The van der Waals surface area contributed by atoms with Crippen LogP contribution < -0.4 is 5.32 Å². The van der Waals surface area contributed by atoms with Gasteiger partial charge in [-0.15, -0.1) is 5.10 Å². The monoisotopic (exact) mass is 246 g/mol. The molecule has 0 spiro atoms. The van der Waals surface area contributed by atoms with Crippen molar-refractivity contribution in [3.05, 3.63) is 42.2 Å². The maximum Gasteiger partial charge on any atom is 0.273 e. The highest BCUT2D eigenvalue weighted by Gasteiger charge is 2.13. The molecule has 1 atom stereocenters. The van der Waals surface area contributed by atoms with E-state index in [2.05, 4.69) is 15.5 Å². The van der Waals surface area contributed by atoms with Crippen LogP contribution in [0.5, 0.6) is 0 Å². The van der Waals surface area contributed by atoms with E-state index in [4.69, 9.17) is 5.11 Å². The van der Waals surface area contributed by atoms with E-state index in [0.29, 0.717) is 0 Å². The number of aliphatic hydroxyl groups excluding tert-OH is 1. The molecule has 2 N–H and O–H groups in total. The average molecular weight is 246 g/mol. The first-order chi connectivity index (χ1) is 8.70. The highest BCUT2D eigenvalue weighted by Crippen LogP contribution is 2.04. The summed E-state index contributed by atoms with van der Waals surface area (Å²) in [7, 11) is 0. The van der Waals surface area contributed by atoms with Crippen molar-refractivity contribution in [3.63, 3.8) is 0 Å². The summed E-state index contributed by atoms with van der Waals surface area (Å²) in [6, 6.07) is 9.01. The van der Waals surface area contributed by atoms with Gasteiger partial charge in [0.1, 0.15) is 0 Å². The van der Waals surface area contributed by atoms with Crippen LogP contribution in [0.1, 0.15) is 17.4 Å². The van der Waals surface area contributed by atoms with Gasteiger partial charge in [0.2, 0.25) is 0 Å². The molecule has 0 unspecified atom stereocenters. The van der Waals surface area contributed by atoms with Crippen molar-refractivity contribution < 1.29 is 9.90 Å². The standard InChI is InChI=1S/C12H14N4O2/c1-9(8-17)14-12(18)11-7-13-16(15-11)10-5-3-2-4-6-10/h2-7,9,17H,8H2,1H3,(H,14,18)/t9-/m1/s1. The van der Waals surface area contributed by atoms with Crippen molar-refractivity contribution in [2.75, 3.05) is 6.61 Å². The summed E-state index contributed by atoms with van der Waals surface area (Å²) < 4.78 is 0. The number of nitrogens with zero attached hydrogens (tertiary/aromatic N) is 3. The molecule has 94 valence electrons. The number of carbonyl (C=O) groups excluding carboxylic acids is 1. The fourth-order valence-corrected chi connectivity index (χ4v) is 1.40. The second-order valence-electron chi connectivity index (χ2n) is 3.91. The van der Waals surface area contributed by atoms with Crippen LogP contribution in [0.15, 0.2) is 36.5 Å². The lowest BCUT2D eigenvalue weighted by Gasteiger charge is -2.08. The van der Waals surface area contributed by atoms with E-state index in [-0.39, 0.29) is 24.2 Å². The van der Waals surface area contributed by atoms with Gasteiger partial charge >= 0.3 is 0 Å². The Hall–Kier alpha value is -2.21. The molecule has 0 aliphatic carbocycles. The van der Waals surface area contributed by atoms with E-state index in [1.165, 1.54) is 11.0 Å². The molecule has 1 aromatic heterocycles. The van der Waals surface area contributed by atoms with Gasteiger partial charge in [-0.25, -0.2) is 0 Å². The second kappa shape index (κ2) is 5.42. The van der Waals surface area contributed by atoms with Crippen LogP contribution in [0.3, 0.4) is 0 Å². The summed E-state index contributed by atoms with van der Waals surface area (Å²) in [5, 5.41) is 19.6. The summed E-state index contributed by atoms with van der Waals surface area (Å²) in [5.74, 6) is -0.348. The molecular formula is C12H14N4O2. The number of benzene rings is 1. The molecule has 6 heteroatoms. The highest BCUT2D eigenvalue weighted by molar-refractivity contribution is 5.92. The summed E-state index contributed by atoms with van der Waals surface area (Å²) in [6.45, 7) is 1.60. The number of aromatic nitrogens is 3. The second-order valence-corrected chi connectivity index (χ2v) is 3.91. The number of hydrogen-bond acceptors (Lipinski definition) is 4. The Kier molecular flexibility index (Phi) is 3.69. The number of aliphatic hydroxyl groups is 1. The predicted octanol–water partition coefficient (Wildman–Crippen LogP) is 0.378. The van der Waals surface area contributed by atoms with Crippen molar-refractivity contribution in [2.24, 2.45) is 0 Å². The zero-order chi connectivity index (χ0) is 13.0. The maximum absolute atomic E-state index is 11.7. The summed E-state index contributed by atoms with van der Waals surface area (Å²) >= 11 is 0. The minimum atomic E-state index is -0.348. The van der Waals surface area contributed by atoms with Crippen molar-refractivity contribution >= 4 is 5.91 Å². The summed E-state index contributed by atoms with van der Waals surface area (Å²) in [4.78, 5) is 13.1. The van der Waals surface area contributed by atoms with Crippen molar-refractivity contribution in [1.82, 2.24) is 20.3 Å². The van der Waals surface area contributed by atoms with Crippen LogP contribution in [0.2, 0.25) is 0 Å².